The minimum atomic E-state index is -0.0350. The summed E-state index contributed by atoms with van der Waals surface area (Å²) in [4.78, 5) is 21.8. The molecule has 1 amide bonds. The number of nitrogen functional groups attached to an aromatic ring is 1. The number of rotatable bonds is 4. The SMILES string of the molecule is CCNC(=O)CN(C)c1ncnc2cc(N)ccc12. The van der Waals surface area contributed by atoms with Crippen molar-refractivity contribution in [2.45, 2.75) is 6.92 Å². The van der Waals surface area contributed by atoms with Gasteiger partial charge in [0.05, 0.1) is 12.1 Å². The lowest BCUT2D eigenvalue weighted by Gasteiger charge is -2.18. The molecule has 0 atom stereocenters. The van der Waals surface area contributed by atoms with Gasteiger partial charge in [0.1, 0.15) is 12.1 Å². The molecular formula is C13H17N5O. The fraction of sp³-hybridized carbons (Fsp3) is 0.308. The molecule has 2 aromatic rings. The maximum atomic E-state index is 11.6. The second-order valence-electron chi connectivity index (χ2n) is 4.28. The van der Waals surface area contributed by atoms with E-state index in [9.17, 15) is 4.79 Å². The first-order chi connectivity index (χ1) is 9.11. The smallest absolute Gasteiger partial charge is 0.239 e. The molecule has 0 aliphatic carbocycles. The molecule has 1 aromatic heterocycles. The Hall–Kier alpha value is -2.37. The van der Waals surface area contributed by atoms with Crippen molar-refractivity contribution in [3.63, 3.8) is 0 Å². The molecule has 0 aliphatic rings. The minimum Gasteiger partial charge on any atom is -0.399 e. The Bertz CT molecular complexity index is 599. The molecule has 0 saturated carbocycles. The van der Waals surface area contributed by atoms with Crippen LogP contribution in [-0.2, 0) is 4.79 Å². The van der Waals surface area contributed by atoms with Gasteiger partial charge in [0, 0.05) is 24.7 Å². The number of nitrogens with zero attached hydrogens (tertiary/aromatic N) is 3. The van der Waals surface area contributed by atoms with E-state index in [2.05, 4.69) is 15.3 Å². The monoisotopic (exact) mass is 259 g/mol. The largest absolute Gasteiger partial charge is 0.399 e. The highest BCUT2D eigenvalue weighted by molar-refractivity contribution is 5.92. The predicted molar refractivity (Wildman–Crippen MR) is 75.9 cm³/mol. The van der Waals surface area contributed by atoms with Gasteiger partial charge >= 0.3 is 0 Å². The third-order valence-electron chi connectivity index (χ3n) is 2.76. The lowest BCUT2D eigenvalue weighted by molar-refractivity contribution is -0.119. The van der Waals surface area contributed by atoms with E-state index in [1.165, 1.54) is 6.33 Å². The first-order valence-electron chi connectivity index (χ1n) is 6.10. The molecular weight excluding hydrogens is 242 g/mol. The Morgan fingerprint density at radius 2 is 2.21 bits per heavy atom. The molecule has 0 unspecified atom stereocenters. The summed E-state index contributed by atoms with van der Waals surface area (Å²) in [6.45, 7) is 2.76. The molecule has 3 N–H and O–H groups in total. The van der Waals surface area contributed by atoms with Gasteiger partial charge in [-0.05, 0) is 25.1 Å². The second-order valence-corrected chi connectivity index (χ2v) is 4.28. The predicted octanol–water partition coefficient (Wildman–Crippen LogP) is 0.784. The van der Waals surface area contributed by atoms with Gasteiger partial charge in [-0.2, -0.15) is 0 Å². The summed E-state index contributed by atoms with van der Waals surface area (Å²) in [5.74, 6) is 0.684. The van der Waals surface area contributed by atoms with Crippen molar-refractivity contribution in [1.82, 2.24) is 15.3 Å². The number of anilines is 2. The maximum absolute atomic E-state index is 11.6. The number of benzene rings is 1. The molecule has 0 radical (unpaired) electrons. The third-order valence-corrected chi connectivity index (χ3v) is 2.76. The Labute approximate surface area is 111 Å². The lowest BCUT2D eigenvalue weighted by atomic mass is 10.2. The Morgan fingerprint density at radius 3 is 2.95 bits per heavy atom. The third kappa shape index (κ3) is 2.90. The zero-order valence-electron chi connectivity index (χ0n) is 11.1. The van der Waals surface area contributed by atoms with Crippen LogP contribution in [0.5, 0.6) is 0 Å². The van der Waals surface area contributed by atoms with Crippen molar-refractivity contribution >= 4 is 28.3 Å². The maximum Gasteiger partial charge on any atom is 0.239 e. The number of amides is 1. The fourth-order valence-corrected chi connectivity index (χ4v) is 1.91. The Kier molecular flexibility index (Phi) is 3.79. The van der Waals surface area contributed by atoms with Crippen LogP contribution in [0.4, 0.5) is 11.5 Å². The quantitative estimate of drug-likeness (QED) is 0.793. The van der Waals surface area contributed by atoms with Crippen LogP contribution in [0.2, 0.25) is 0 Å². The summed E-state index contributed by atoms with van der Waals surface area (Å²) in [5, 5.41) is 3.64. The van der Waals surface area contributed by atoms with Crippen LogP contribution in [0.15, 0.2) is 24.5 Å². The van der Waals surface area contributed by atoms with Gasteiger partial charge in [0.2, 0.25) is 5.91 Å². The summed E-state index contributed by atoms with van der Waals surface area (Å²) < 4.78 is 0. The zero-order chi connectivity index (χ0) is 13.8. The van der Waals surface area contributed by atoms with Crippen LogP contribution in [-0.4, -0.2) is 36.0 Å². The van der Waals surface area contributed by atoms with E-state index >= 15 is 0 Å². The molecule has 1 aromatic carbocycles. The van der Waals surface area contributed by atoms with Crippen LogP contribution >= 0.6 is 0 Å². The van der Waals surface area contributed by atoms with Crippen molar-refractivity contribution in [2.75, 3.05) is 30.8 Å². The molecule has 6 heteroatoms. The van der Waals surface area contributed by atoms with Crippen molar-refractivity contribution in [1.29, 1.82) is 0 Å². The summed E-state index contributed by atoms with van der Waals surface area (Å²) in [6, 6.07) is 5.46. The molecule has 19 heavy (non-hydrogen) atoms. The minimum absolute atomic E-state index is 0.0350. The van der Waals surface area contributed by atoms with Crippen LogP contribution in [0.3, 0.4) is 0 Å². The number of nitrogens with one attached hydrogen (secondary N) is 1. The molecule has 0 aliphatic heterocycles. The van der Waals surface area contributed by atoms with Gasteiger partial charge in [0.25, 0.3) is 0 Å². The first-order valence-corrected chi connectivity index (χ1v) is 6.10. The van der Waals surface area contributed by atoms with Crippen LogP contribution in [0.1, 0.15) is 6.92 Å². The fourth-order valence-electron chi connectivity index (χ4n) is 1.91. The number of fused-ring (bicyclic) bond motifs is 1. The molecule has 0 fully saturated rings. The summed E-state index contributed by atoms with van der Waals surface area (Å²) in [5.41, 5.74) is 7.16. The van der Waals surface area contributed by atoms with Crippen molar-refractivity contribution in [2.24, 2.45) is 0 Å². The molecule has 0 saturated heterocycles. The molecule has 1 heterocycles. The van der Waals surface area contributed by atoms with Crippen LogP contribution in [0, 0.1) is 0 Å². The van der Waals surface area contributed by atoms with Crippen molar-refractivity contribution in [3.8, 4) is 0 Å². The highest BCUT2D eigenvalue weighted by Gasteiger charge is 2.11. The number of hydrogen-bond acceptors (Lipinski definition) is 5. The number of likely N-dealkylation sites (N-methyl/N-ethyl adjacent to an activating group) is 2. The molecule has 2 rings (SSSR count). The van der Waals surface area contributed by atoms with Crippen LogP contribution in [0.25, 0.3) is 10.9 Å². The number of hydrogen-bond donors (Lipinski definition) is 2. The summed E-state index contributed by atoms with van der Waals surface area (Å²) in [7, 11) is 1.83. The van der Waals surface area contributed by atoms with Crippen LogP contribution < -0.4 is 16.0 Å². The Balaban J connectivity index is 2.31. The summed E-state index contributed by atoms with van der Waals surface area (Å²) >= 11 is 0. The van der Waals surface area contributed by atoms with E-state index in [-0.39, 0.29) is 12.5 Å². The van der Waals surface area contributed by atoms with Crippen molar-refractivity contribution in [3.05, 3.63) is 24.5 Å². The van der Waals surface area contributed by atoms with E-state index < -0.39 is 0 Å². The highest BCUT2D eigenvalue weighted by Crippen LogP contribution is 2.23. The lowest BCUT2D eigenvalue weighted by Crippen LogP contribution is -2.35. The van der Waals surface area contributed by atoms with E-state index in [0.29, 0.717) is 12.2 Å². The average Bonchev–Trinajstić information content (AvgIpc) is 2.37. The molecule has 6 nitrogen and oxygen atoms in total. The van der Waals surface area contributed by atoms with Gasteiger partial charge < -0.3 is 16.0 Å². The summed E-state index contributed by atoms with van der Waals surface area (Å²) in [6.07, 6.45) is 1.48. The van der Waals surface area contributed by atoms with E-state index in [1.54, 1.807) is 17.0 Å². The number of carbonyl (C=O) groups excluding carboxylic acids is 1. The van der Waals surface area contributed by atoms with Gasteiger partial charge in [0.15, 0.2) is 0 Å². The molecule has 100 valence electrons. The van der Waals surface area contributed by atoms with E-state index in [0.717, 1.165) is 16.7 Å². The van der Waals surface area contributed by atoms with Gasteiger partial charge in [-0.1, -0.05) is 0 Å². The van der Waals surface area contributed by atoms with Gasteiger partial charge in [-0.25, -0.2) is 9.97 Å². The number of nitrogens with two attached hydrogens (primary N) is 1. The molecule has 0 bridgehead atoms. The highest BCUT2D eigenvalue weighted by atomic mass is 16.2. The van der Waals surface area contributed by atoms with E-state index in [4.69, 9.17) is 5.73 Å². The topological polar surface area (TPSA) is 84.1 Å². The first kappa shape index (κ1) is 13.1. The Morgan fingerprint density at radius 1 is 1.42 bits per heavy atom. The standard InChI is InChI=1S/C13H17N5O/c1-3-15-12(19)7-18(2)13-10-5-4-9(14)6-11(10)16-8-17-13/h4-6,8H,3,7,14H2,1-2H3,(H,15,19). The van der Waals surface area contributed by atoms with Gasteiger partial charge in [-0.3, -0.25) is 4.79 Å². The zero-order valence-corrected chi connectivity index (χ0v) is 11.1. The van der Waals surface area contributed by atoms with Gasteiger partial charge in [-0.15, -0.1) is 0 Å². The van der Waals surface area contributed by atoms with E-state index in [1.807, 2.05) is 20.0 Å². The van der Waals surface area contributed by atoms with Crippen molar-refractivity contribution < 1.29 is 4.79 Å². The normalized spacial score (nSPS) is 10.4. The molecule has 0 spiro atoms. The number of carbonyl (C=O) groups is 1. The average molecular weight is 259 g/mol. The number of aromatic nitrogens is 2. The second kappa shape index (κ2) is 5.51.